The van der Waals surface area contributed by atoms with Gasteiger partial charge in [-0.3, -0.25) is 9.59 Å². The molecule has 2 aliphatic rings. The van der Waals surface area contributed by atoms with E-state index in [4.69, 9.17) is 0 Å². The number of carbonyl (C=O) groups excluding carboxylic acids is 2. The van der Waals surface area contributed by atoms with Crippen molar-refractivity contribution in [2.45, 2.75) is 25.7 Å². The van der Waals surface area contributed by atoms with Crippen LogP contribution < -0.4 is 9.80 Å². The van der Waals surface area contributed by atoms with Gasteiger partial charge in [0.05, 0.1) is 17.8 Å². The molecular weight excluding hydrogens is 392 g/mol. The van der Waals surface area contributed by atoms with Crippen LogP contribution in [0, 0.1) is 5.92 Å². The van der Waals surface area contributed by atoms with E-state index in [0.29, 0.717) is 19.5 Å². The zero-order valence-electron chi connectivity index (χ0n) is 14.5. The van der Waals surface area contributed by atoms with E-state index >= 15 is 0 Å². The van der Waals surface area contributed by atoms with Crippen molar-refractivity contribution in [2.24, 2.45) is 5.92 Å². The lowest BCUT2D eigenvalue weighted by Gasteiger charge is -2.25. The molecule has 26 heavy (non-hydrogen) atoms. The average molecular weight is 413 g/mol. The Labute approximate surface area is 161 Å². The van der Waals surface area contributed by atoms with Crippen LogP contribution in [0.1, 0.15) is 24.8 Å². The fraction of sp³-hybridized carbons (Fsp3) is 0.333. The maximum absolute atomic E-state index is 13.0. The monoisotopic (exact) mass is 412 g/mol. The van der Waals surface area contributed by atoms with Crippen molar-refractivity contribution < 1.29 is 9.59 Å². The number of para-hydroxylation sites is 2. The van der Waals surface area contributed by atoms with Gasteiger partial charge in [-0.15, -0.1) is 0 Å². The highest BCUT2D eigenvalue weighted by atomic mass is 79.9. The van der Waals surface area contributed by atoms with Gasteiger partial charge in [0.25, 0.3) is 0 Å². The highest BCUT2D eigenvalue weighted by Gasteiger charge is 2.36. The number of carbonyl (C=O) groups is 2. The van der Waals surface area contributed by atoms with E-state index in [1.807, 2.05) is 58.3 Å². The van der Waals surface area contributed by atoms with Crippen LogP contribution in [-0.2, 0) is 16.0 Å². The molecule has 1 fully saturated rings. The molecule has 1 saturated carbocycles. The minimum absolute atomic E-state index is 0.0699. The van der Waals surface area contributed by atoms with Crippen molar-refractivity contribution in [3.8, 4) is 0 Å². The summed E-state index contributed by atoms with van der Waals surface area (Å²) in [6, 6.07) is 15.6. The molecule has 134 valence electrons. The van der Waals surface area contributed by atoms with Crippen LogP contribution in [-0.4, -0.2) is 24.9 Å². The lowest BCUT2D eigenvalue weighted by Crippen LogP contribution is -2.33. The maximum Gasteiger partial charge on any atom is 0.231 e. The van der Waals surface area contributed by atoms with Gasteiger partial charge in [-0.2, -0.15) is 0 Å². The lowest BCUT2D eigenvalue weighted by atomic mass is 10.1. The third kappa shape index (κ3) is 3.54. The van der Waals surface area contributed by atoms with Crippen LogP contribution in [0.4, 0.5) is 11.4 Å². The Morgan fingerprint density at radius 2 is 1.54 bits per heavy atom. The average Bonchev–Trinajstić information content (AvgIpc) is 3.49. The molecule has 0 atom stereocenters. The van der Waals surface area contributed by atoms with Crippen LogP contribution in [0.3, 0.4) is 0 Å². The third-order valence-electron chi connectivity index (χ3n) is 4.99. The Morgan fingerprint density at radius 3 is 2.19 bits per heavy atom. The van der Waals surface area contributed by atoms with Crippen LogP contribution in [0.25, 0.3) is 0 Å². The summed E-state index contributed by atoms with van der Waals surface area (Å²) in [4.78, 5) is 29.4. The molecule has 4 rings (SSSR count). The predicted octanol–water partition coefficient (Wildman–Crippen LogP) is 4.17. The topological polar surface area (TPSA) is 40.6 Å². The van der Waals surface area contributed by atoms with Crippen molar-refractivity contribution in [1.82, 2.24) is 0 Å². The molecule has 0 radical (unpaired) electrons. The molecule has 2 aromatic carbocycles. The molecule has 0 spiro atoms. The third-order valence-corrected chi connectivity index (χ3v) is 5.52. The van der Waals surface area contributed by atoms with Gasteiger partial charge in [-0.05, 0) is 49.1 Å². The molecule has 0 saturated heterocycles. The Bertz CT molecular complexity index is 830. The number of hydrogen-bond donors (Lipinski definition) is 0. The van der Waals surface area contributed by atoms with Gasteiger partial charge in [-0.1, -0.05) is 40.2 Å². The predicted molar refractivity (Wildman–Crippen MR) is 106 cm³/mol. The second-order valence-electron chi connectivity index (χ2n) is 6.96. The first-order valence-electron chi connectivity index (χ1n) is 9.09. The first kappa shape index (κ1) is 17.3. The molecule has 1 heterocycles. The molecular formula is C21H21BrN2O2. The van der Waals surface area contributed by atoms with Crippen molar-refractivity contribution in [3.05, 3.63) is 58.6 Å². The normalized spacial score (nSPS) is 16.8. The van der Waals surface area contributed by atoms with Crippen LogP contribution in [0.5, 0.6) is 0 Å². The molecule has 1 aliphatic carbocycles. The van der Waals surface area contributed by atoms with Crippen molar-refractivity contribution >= 4 is 39.1 Å². The highest BCUT2D eigenvalue weighted by Crippen LogP contribution is 2.38. The van der Waals surface area contributed by atoms with E-state index in [0.717, 1.165) is 40.7 Å². The number of hydrogen-bond acceptors (Lipinski definition) is 2. The zero-order valence-corrected chi connectivity index (χ0v) is 16.1. The summed E-state index contributed by atoms with van der Waals surface area (Å²) in [6.07, 6.45) is 3.13. The van der Waals surface area contributed by atoms with Gasteiger partial charge in [0.1, 0.15) is 0 Å². The van der Waals surface area contributed by atoms with E-state index in [9.17, 15) is 9.59 Å². The first-order valence-corrected chi connectivity index (χ1v) is 9.88. The first-order chi connectivity index (χ1) is 12.6. The Hall–Kier alpha value is -2.14. The van der Waals surface area contributed by atoms with E-state index < -0.39 is 0 Å². The number of halogens is 1. The summed E-state index contributed by atoms with van der Waals surface area (Å²) in [5, 5.41) is 0. The van der Waals surface area contributed by atoms with Crippen LogP contribution in [0.2, 0.25) is 0 Å². The maximum atomic E-state index is 13.0. The molecule has 5 heteroatoms. The van der Waals surface area contributed by atoms with Gasteiger partial charge in [-0.25, -0.2) is 0 Å². The number of fused-ring (bicyclic) bond motifs is 1. The van der Waals surface area contributed by atoms with Gasteiger partial charge < -0.3 is 9.80 Å². The van der Waals surface area contributed by atoms with E-state index in [1.165, 1.54) is 0 Å². The molecule has 0 bridgehead atoms. The summed E-state index contributed by atoms with van der Waals surface area (Å²) in [6.45, 7) is 1.31. The zero-order chi connectivity index (χ0) is 18.1. The van der Waals surface area contributed by atoms with Crippen LogP contribution in [0.15, 0.2) is 53.0 Å². The molecule has 2 aromatic rings. The molecule has 0 N–H and O–H groups in total. The Kier molecular flexibility index (Phi) is 4.81. The number of anilines is 2. The Balaban J connectivity index is 1.61. The van der Waals surface area contributed by atoms with E-state index in [-0.39, 0.29) is 17.7 Å². The number of rotatable bonds is 3. The fourth-order valence-electron chi connectivity index (χ4n) is 3.46. The van der Waals surface area contributed by atoms with Crippen molar-refractivity contribution in [2.75, 3.05) is 22.9 Å². The molecule has 4 nitrogen and oxygen atoms in total. The lowest BCUT2D eigenvalue weighted by molar-refractivity contribution is -0.120. The summed E-state index contributed by atoms with van der Waals surface area (Å²) >= 11 is 3.42. The van der Waals surface area contributed by atoms with Gasteiger partial charge in [0.15, 0.2) is 0 Å². The molecule has 0 unspecified atom stereocenters. The fourth-order valence-corrected chi connectivity index (χ4v) is 3.72. The standard InChI is InChI=1S/C21H21BrN2O2/c22-17-10-6-15(7-11-17)14-20(25)23-12-3-13-24(21(26)16-8-9-16)19-5-2-1-4-18(19)23/h1-2,4-7,10-11,16H,3,8-9,12-14H2. The van der Waals surface area contributed by atoms with Crippen molar-refractivity contribution in [1.29, 1.82) is 0 Å². The summed E-state index contributed by atoms with van der Waals surface area (Å²) < 4.78 is 1.00. The smallest absolute Gasteiger partial charge is 0.231 e. The van der Waals surface area contributed by atoms with E-state index in [1.54, 1.807) is 0 Å². The second kappa shape index (κ2) is 7.23. The number of amides is 2. The molecule has 0 aromatic heterocycles. The highest BCUT2D eigenvalue weighted by molar-refractivity contribution is 9.10. The van der Waals surface area contributed by atoms with Crippen LogP contribution >= 0.6 is 15.9 Å². The molecule has 1 aliphatic heterocycles. The van der Waals surface area contributed by atoms with E-state index in [2.05, 4.69) is 15.9 Å². The minimum Gasteiger partial charge on any atom is -0.310 e. The SMILES string of the molecule is O=C(Cc1ccc(Br)cc1)N1CCCN(C(=O)C2CC2)c2ccccc21. The van der Waals surface area contributed by atoms with Gasteiger partial charge in [0, 0.05) is 23.5 Å². The minimum atomic E-state index is 0.0699. The summed E-state index contributed by atoms with van der Waals surface area (Å²) in [5.41, 5.74) is 2.71. The van der Waals surface area contributed by atoms with Crippen molar-refractivity contribution in [3.63, 3.8) is 0 Å². The Morgan fingerprint density at radius 1 is 0.923 bits per heavy atom. The quantitative estimate of drug-likeness (QED) is 0.758. The largest absolute Gasteiger partial charge is 0.310 e. The van der Waals surface area contributed by atoms with Gasteiger partial charge >= 0.3 is 0 Å². The van der Waals surface area contributed by atoms with Gasteiger partial charge in [0.2, 0.25) is 11.8 Å². The number of benzene rings is 2. The summed E-state index contributed by atoms with van der Waals surface area (Å²) in [5.74, 6) is 0.452. The molecule has 2 amide bonds. The number of nitrogens with zero attached hydrogens (tertiary/aromatic N) is 2. The summed E-state index contributed by atoms with van der Waals surface area (Å²) in [7, 11) is 0. The second-order valence-corrected chi connectivity index (χ2v) is 7.87.